The predicted molar refractivity (Wildman–Crippen MR) is 105 cm³/mol. The lowest BCUT2D eigenvalue weighted by atomic mass is 10.2. The van der Waals surface area contributed by atoms with Crippen LogP contribution < -0.4 is 14.8 Å². The molecule has 6 heteroatoms. The van der Waals surface area contributed by atoms with Gasteiger partial charge in [0.15, 0.2) is 17.5 Å². The third-order valence-corrected chi connectivity index (χ3v) is 3.45. The van der Waals surface area contributed by atoms with Gasteiger partial charge >= 0.3 is 0 Å². The van der Waals surface area contributed by atoms with Crippen LogP contribution in [0.3, 0.4) is 0 Å². The average Bonchev–Trinajstić information content (AvgIpc) is 2.99. The van der Waals surface area contributed by atoms with Gasteiger partial charge in [-0.3, -0.25) is 0 Å². The van der Waals surface area contributed by atoms with Crippen LogP contribution in [0.5, 0.6) is 11.5 Å². The molecule has 1 aromatic carbocycles. The maximum atomic E-state index is 5.40. The molecule has 0 saturated carbocycles. The lowest BCUT2D eigenvalue weighted by molar-refractivity contribution is 0.174. The van der Waals surface area contributed by atoms with Gasteiger partial charge in [0.2, 0.25) is 6.79 Å². The number of hydrogen-bond donors (Lipinski definition) is 1. The Bertz CT molecular complexity index is 535. The van der Waals surface area contributed by atoms with E-state index < -0.39 is 0 Å². The summed E-state index contributed by atoms with van der Waals surface area (Å²) >= 11 is 0. The second-order valence-corrected chi connectivity index (χ2v) is 5.21. The molecule has 0 aliphatic carbocycles. The van der Waals surface area contributed by atoms with Crippen LogP contribution in [0.4, 0.5) is 0 Å². The molecule has 1 aliphatic rings. The Morgan fingerprint density at radius 1 is 1.39 bits per heavy atom. The van der Waals surface area contributed by atoms with E-state index in [2.05, 4.69) is 30.8 Å². The quantitative estimate of drug-likeness (QED) is 0.236. The molecule has 0 bridgehead atoms. The van der Waals surface area contributed by atoms with Gasteiger partial charge in [-0.15, -0.1) is 30.6 Å². The van der Waals surface area contributed by atoms with Crippen molar-refractivity contribution in [2.24, 2.45) is 4.99 Å². The third-order valence-electron chi connectivity index (χ3n) is 3.45. The van der Waals surface area contributed by atoms with Crippen LogP contribution in [0.1, 0.15) is 25.3 Å². The molecule has 0 atom stereocenters. The highest BCUT2D eigenvalue weighted by atomic mass is 127. The van der Waals surface area contributed by atoms with Gasteiger partial charge in [0.25, 0.3) is 0 Å². The first kappa shape index (κ1) is 19.6. The zero-order chi connectivity index (χ0) is 15.8. The molecule has 0 aromatic heterocycles. The van der Waals surface area contributed by atoms with E-state index in [9.17, 15) is 0 Å². The molecule has 1 aromatic rings. The smallest absolute Gasteiger partial charge is 0.231 e. The van der Waals surface area contributed by atoms with E-state index in [1.165, 1.54) is 0 Å². The Morgan fingerprint density at radius 2 is 2.17 bits per heavy atom. The summed E-state index contributed by atoms with van der Waals surface area (Å²) in [4.78, 5) is 6.85. The van der Waals surface area contributed by atoms with Crippen LogP contribution in [0, 0.1) is 0 Å². The molecule has 5 nitrogen and oxygen atoms in total. The van der Waals surface area contributed by atoms with Crippen molar-refractivity contribution in [3.8, 4) is 11.5 Å². The lowest BCUT2D eigenvalue weighted by Crippen LogP contribution is -2.39. The number of unbranched alkanes of at least 4 members (excludes halogenated alkanes) is 1. The Morgan fingerprint density at radius 3 is 2.91 bits per heavy atom. The summed E-state index contributed by atoms with van der Waals surface area (Å²) in [6.07, 6.45) is 4.05. The van der Waals surface area contributed by atoms with Gasteiger partial charge in [-0.05, 0) is 37.5 Å². The van der Waals surface area contributed by atoms with Crippen LogP contribution >= 0.6 is 24.0 Å². The molecular formula is C17H26IN3O2. The number of ether oxygens (including phenoxy) is 2. The monoisotopic (exact) mass is 431 g/mol. The number of nitrogens with zero attached hydrogens (tertiary/aromatic N) is 2. The predicted octanol–water partition coefficient (Wildman–Crippen LogP) is 3.40. The topological polar surface area (TPSA) is 46.1 Å². The minimum atomic E-state index is 0. The number of rotatable bonds is 7. The highest BCUT2D eigenvalue weighted by molar-refractivity contribution is 14.0. The number of guanidine groups is 1. The van der Waals surface area contributed by atoms with Gasteiger partial charge in [0, 0.05) is 20.1 Å². The van der Waals surface area contributed by atoms with E-state index in [1.807, 2.05) is 24.3 Å². The molecule has 23 heavy (non-hydrogen) atoms. The van der Waals surface area contributed by atoms with Crippen molar-refractivity contribution in [3.05, 3.63) is 36.4 Å². The van der Waals surface area contributed by atoms with Gasteiger partial charge in [-0.25, -0.2) is 4.99 Å². The van der Waals surface area contributed by atoms with Gasteiger partial charge < -0.3 is 19.7 Å². The second kappa shape index (κ2) is 10.4. The highest BCUT2D eigenvalue weighted by Gasteiger charge is 2.13. The number of hydrogen-bond acceptors (Lipinski definition) is 3. The highest BCUT2D eigenvalue weighted by Crippen LogP contribution is 2.32. The van der Waals surface area contributed by atoms with Gasteiger partial charge in [0.1, 0.15) is 0 Å². The molecule has 0 unspecified atom stereocenters. The standard InChI is InChI=1S/C17H25N3O2.HI/c1-4-6-7-10-20(3)17(18-5-2)19-12-14-8-9-15-16(11-14)22-13-21-15;/h4,8-9,11H,1,5-7,10,12-13H2,2-3H3,(H,18,19);1H. The Hall–Kier alpha value is -1.44. The van der Waals surface area contributed by atoms with Crippen LogP contribution in [-0.4, -0.2) is 37.8 Å². The molecule has 1 heterocycles. The molecule has 0 fully saturated rings. The number of benzene rings is 1. The van der Waals surface area contributed by atoms with E-state index in [4.69, 9.17) is 14.5 Å². The SMILES string of the molecule is C=CCCCN(C)C(=NCc1ccc2c(c1)OCO2)NCC.I. The van der Waals surface area contributed by atoms with E-state index in [1.54, 1.807) is 0 Å². The van der Waals surface area contributed by atoms with E-state index >= 15 is 0 Å². The maximum Gasteiger partial charge on any atom is 0.231 e. The molecule has 0 saturated heterocycles. The van der Waals surface area contributed by atoms with Gasteiger partial charge in [-0.2, -0.15) is 0 Å². The third kappa shape index (κ3) is 5.93. The fourth-order valence-corrected chi connectivity index (χ4v) is 2.25. The molecule has 128 valence electrons. The fraction of sp³-hybridized carbons (Fsp3) is 0.471. The van der Waals surface area contributed by atoms with Crippen molar-refractivity contribution >= 4 is 29.9 Å². The van der Waals surface area contributed by atoms with Crippen molar-refractivity contribution in [2.75, 3.05) is 26.9 Å². The molecular weight excluding hydrogens is 405 g/mol. The first-order valence-electron chi connectivity index (χ1n) is 7.73. The normalized spacial score (nSPS) is 12.5. The number of aliphatic imine (C=N–C) groups is 1. The van der Waals surface area contributed by atoms with Crippen molar-refractivity contribution in [2.45, 2.75) is 26.3 Å². The van der Waals surface area contributed by atoms with Crippen LogP contribution in [-0.2, 0) is 6.54 Å². The summed E-state index contributed by atoms with van der Waals surface area (Å²) < 4.78 is 10.7. The summed E-state index contributed by atoms with van der Waals surface area (Å²) in [6.45, 7) is 8.56. The number of fused-ring (bicyclic) bond motifs is 1. The summed E-state index contributed by atoms with van der Waals surface area (Å²) in [6, 6.07) is 5.96. The molecule has 0 radical (unpaired) electrons. The molecule has 0 spiro atoms. The number of allylic oxidation sites excluding steroid dienone is 1. The molecule has 1 N–H and O–H groups in total. The van der Waals surface area contributed by atoms with E-state index in [-0.39, 0.29) is 24.0 Å². The Labute approximate surface area is 155 Å². The second-order valence-electron chi connectivity index (χ2n) is 5.21. The molecule has 2 rings (SSSR count). The molecule has 1 aliphatic heterocycles. The minimum Gasteiger partial charge on any atom is -0.454 e. The van der Waals surface area contributed by atoms with Crippen LogP contribution in [0.25, 0.3) is 0 Å². The van der Waals surface area contributed by atoms with E-state index in [0.717, 1.165) is 49.0 Å². The fourth-order valence-electron chi connectivity index (χ4n) is 2.25. The van der Waals surface area contributed by atoms with Crippen LogP contribution in [0.15, 0.2) is 35.8 Å². The lowest BCUT2D eigenvalue weighted by Gasteiger charge is -2.21. The zero-order valence-corrected chi connectivity index (χ0v) is 16.2. The van der Waals surface area contributed by atoms with Crippen molar-refractivity contribution in [3.63, 3.8) is 0 Å². The van der Waals surface area contributed by atoms with Gasteiger partial charge in [0.05, 0.1) is 6.54 Å². The number of halogens is 1. The Kier molecular flexibility index (Phi) is 8.83. The van der Waals surface area contributed by atoms with E-state index in [0.29, 0.717) is 13.3 Å². The number of nitrogens with one attached hydrogen (secondary N) is 1. The maximum absolute atomic E-state index is 5.40. The van der Waals surface area contributed by atoms with Crippen molar-refractivity contribution in [1.29, 1.82) is 0 Å². The Balaban J connectivity index is 0.00000264. The first-order valence-corrected chi connectivity index (χ1v) is 7.73. The molecule has 0 amide bonds. The summed E-state index contributed by atoms with van der Waals surface area (Å²) in [5, 5.41) is 3.33. The first-order chi connectivity index (χ1) is 10.7. The minimum absolute atomic E-state index is 0. The van der Waals surface area contributed by atoms with Crippen LogP contribution in [0.2, 0.25) is 0 Å². The van der Waals surface area contributed by atoms with Gasteiger partial charge in [-0.1, -0.05) is 12.1 Å². The largest absolute Gasteiger partial charge is 0.454 e. The summed E-state index contributed by atoms with van der Waals surface area (Å²) in [5.74, 6) is 2.53. The summed E-state index contributed by atoms with van der Waals surface area (Å²) in [5.41, 5.74) is 1.11. The summed E-state index contributed by atoms with van der Waals surface area (Å²) in [7, 11) is 2.06. The zero-order valence-electron chi connectivity index (χ0n) is 13.9. The average molecular weight is 431 g/mol. The van der Waals surface area contributed by atoms with Crippen molar-refractivity contribution in [1.82, 2.24) is 10.2 Å². The van der Waals surface area contributed by atoms with Crippen molar-refractivity contribution < 1.29 is 9.47 Å².